The summed E-state index contributed by atoms with van der Waals surface area (Å²) in [5.74, 6) is 0.276. The molecular weight excluding hydrogens is 262 g/mol. The molecule has 0 unspecified atom stereocenters. The lowest BCUT2D eigenvalue weighted by Gasteiger charge is -2.06. The van der Waals surface area contributed by atoms with Crippen molar-refractivity contribution in [1.29, 1.82) is 0 Å². The van der Waals surface area contributed by atoms with Crippen LogP contribution in [0.5, 0.6) is 0 Å². The minimum absolute atomic E-state index is 0.0674. The van der Waals surface area contributed by atoms with Crippen LogP contribution in [0.2, 0.25) is 0 Å². The largest absolute Gasteiger partial charge is 0.396 e. The van der Waals surface area contributed by atoms with E-state index in [4.69, 9.17) is 5.11 Å². The minimum Gasteiger partial charge on any atom is -0.396 e. The van der Waals surface area contributed by atoms with E-state index in [1.807, 2.05) is 0 Å². The van der Waals surface area contributed by atoms with Gasteiger partial charge in [-0.3, -0.25) is 14.9 Å². The maximum Gasteiger partial charge on any atom is 0.270 e. The summed E-state index contributed by atoms with van der Waals surface area (Å²) in [7, 11) is 0. The summed E-state index contributed by atoms with van der Waals surface area (Å²) in [4.78, 5) is 29.0. The second-order valence-corrected chi connectivity index (χ2v) is 4.26. The number of aromatic amines is 1. The molecule has 0 saturated carbocycles. The molecule has 0 aliphatic rings. The average Bonchev–Trinajstić information content (AvgIpc) is 2.42. The van der Waals surface area contributed by atoms with Gasteiger partial charge in [-0.05, 0) is 6.92 Å². The molecule has 7 heteroatoms. The van der Waals surface area contributed by atoms with Crippen LogP contribution < -0.4 is 5.56 Å². The molecule has 0 atom stereocenters. The first-order valence-corrected chi connectivity index (χ1v) is 5.98. The summed E-state index contributed by atoms with van der Waals surface area (Å²) < 4.78 is 0. The SMILES string of the molecule is Cc1nc(-c2cccc([N+](=O)[O-])c2)[nH]c(=O)c1CCO. The molecule has 0 bridgehead atoms. The van der Waals surface area contributed by atoms with Crippen LogP contribution in [-0.4, -0.2) is 26.6 Å². The number of nitro benzene ring substituents is 1. The number of hydrogen-bond acceptors (Lipinski definition) is 5. The Bertz CT molecular complexity index is 709. The molecule has 0 amide bonds. The number of aliphatic hydroxyl groups is 1. The normalized spacial score (nSPS) is 10.5. The Morgan fingerprint density at radius 2 is 2.20 bits per heavy atom. The highest BCUT2D eigenvalue weighted by atomic mass is 16.6. The van der Waals surface area contributed by atoms with E-state index >= 15 is 0 Å². The van der Waals surface area contributed by atoms with Crippen LogP contribution in [0.25, 0.3) is 11.4 Å². The number of aliphatic hydroxyl groups excluding tert-OH is 1. The fourth-order valence-electron chi connectivity index (χ4n) is 1.92. The molecule has 1 heterocycles. The van der Waals surface area contributed by atoms with E-state index < -0.39 is 4.92 Å². The van der Waals surface area contributed by atoms with Crippen LogP contribution in [0.1, 0.15) is 11.3 Å². The highest BCUT2D eigenvalue weighted by molar-refractivity contribution is 5.59. The van der Waals surface area contributed by atoms with Crippen molar-refractivity contribution >= 4 is 5.69 Å². The molecule has 7 nitrogen and oxygen atoms in total. The van der Waals surface area contributed by atoms with Crippen molar-refractivity contribution in [3.63, 3.8) is 0 Å². The van der Waals surface area contributed by atoms with Gasteiger partial charge in [-0.15, -0.1) is 0 Å². The van der Waals surface area contributed by atoms with Gasteiger partial charge in [0.05, 0.1) is 4.92 Å². The second-order valence-electron chi connectivity index (χ2n) is 4.26. The van der Waals surface area contributed by atoms with Gasteiger partial charge >= 0.3 is 0 Å². The van der Waals surface area contributed by atoms with E-state index in [0.717, 1.165) is 0 Å². The lowest BCUT2D eigenvalue weighted by molar-refractivity contribution is -0.384. The molecule has 0 spiro atoms. The zero-order valence-corrected chi connectivity index (χ0v) is 10.8. The number of nitro groups is 1. The van der Waals surface area contributed by atoms with Gasteiger partial charge in [0.1, 0.15) is 5.82 Å². The highest BCUT2D eigenvalue weighted by Gasteiger charge is 2.12. The number of nitrogens with one attached hydrogen (secondary N) is 1. The topological polar surface area (TPSA) is 109 Å². The van der Waals surface area contributed by atoms with E-state index in [2.05, 4.69) is 9.97 Å². The maximum absolute atomic E-state index is 11.9. The van der Waals surface area contributed by atoms with E-state index in [1.54, 1.807) is 13.0 Å². The maximum atomic E-state index is 11.9. The number of H-pyrrole nitrogens is 1. The summed E-state index contributed by atoms with van der Waals surface area (Å²) >= 11 is 0. The Morgan fingerprint density at radius 1 is 1.45 bits per heavy atom. The third kappa shape index (κ3) is 2.72. The fraction of sp³-hybridized carbons (Fsp3) is 0.231. The van der Waals surface area contributed by atoms with Gasteiger partial charge in [-0.1, -0.05) is 12.1 Å². The summed E-state index contributed by atoms with van der Waals surface area (Å²) in [6.07, 6.45) is 0.226. The Kier molecular flexibility index (Phi) is 3.90. The molecular formula is C13H13N3O4. The molecule has 104 valence electrons. The van der Waals surface area contributed by atoms with Crippen molar-refractivity contribution in [2.45, 2.75) is 13.3 Å². The molecule has 2 rings (SSSR count). The van der Waals surface area contributed by atoms with Crippen LogP contribution in [-0.2, 0) is 6.42 Å². The fourth-order valence-corrected chi connectivity index (χ4v) is 1.92. The number of aromatic nitrogens is 2. The molecule has 2 N–H and O–H groups in total. The Morgan fingerprint density at radius 3 is 2.80 bits per heavy atom. The predicted octanol–water partition coefficient (Wildman–Crippen LogP) is 1.19. The molecule has 0 fully saturated rings. The zero-order valence-electron chi connectivity index (χ0n) is 10.8. The van der Waals surface area contributed by atoms with Crippen molar-refractivity contribution in [2.24, 2.45) is 0 Å². The van der Waals surface area contributed by atoms with Crippen LogP contribution in [0.3, 0.4) is 0 Å². The number of nitrogens with zero attached hydrogens (tertiary/aromatic N) is 2. The van der Waals surface area contributed by atoms with Crippen LogP contribution in [0.4, 0.5) is 5.69 Å². The molecule has 2 aromatic rings. The lowest BCUT2D eigenvalue weighted by atomic mass is 10.1. The standard InChI is InChI=1S/C13H13N3O4/c1-8-11(5-6-17)13(18)15-12(14-8)9-3-2-4-10(7-9)16(19)20/h2-4,7,17H,5-6H2,1H3,(H,14,15,18). The van der Waals surface area contributed by atoms with Gasteiger partial charge in [0.25, 0.3) is 11.2 Å². The number of benzene rings is 1. The van der Waals surface area contributed by atoms with Gasteiger partial charge in [0.15, 0.2) is 0 Å². The first-order chi connectivity index (χ1) is 9.52. The van der Waals surface area contributed by atoms with E-state index in [1.165, 1.54) is 18.2 Å². The third-order valence-corrected chi connectivity index (χ3v) is 2.91. The zero-order chi connectivity index (χ0) is 14.7. The van der Waals surface area contributed by atoms with Crippen molar-refractivity contribution < 1.29 is 10.0 Å². The summed E-state index contributed by atoms with van der Waals surface area (Å²) in [5, 5.41) is 19.6. The van der Waals surface area contributed by atoms with Crippen molar-refractivity contribution in [1.82, 2.24) is 9.97 Å². The van der Waals surface area contributed by atoms with Gasteiger partial charge in [0.2, 0.25) is 0 Å². The Balaban J connectivity index is 2.51. The molecule has 1 aromatic carbocycles. The third-order valence-electron chi connectivity index (χ3n) is 2.91. The Labute approximate surface area is 114 Å². The summed E-state index contributed by atoms with van der Waals surface area (Å²) in [6.45, 7) is 1.53. The smallest absolute Gasteiger partial charge is 0.270 e. The molecule has 0 aliphatic carbocycles. The van der Waals surface area contributed by atoms with Gasteiger partial charge in [0, 0.05) is 42.0 Å². The van der Waals surface area contributed by atoms with E-state index in [0.29, 0.717) is 16.8 Å². The van der Waals surface area contributed by atoms with Crippen LogP contribution in [0, 0.1) is 17.0 Å². The molecule has 20 heavy (non-hydrogen) atoms. The number of hydrogen-bond donors (Lipinski definition) is 2. The van der Waals surface area contributed by atoms with Crippen molar-refractivity contribution in [2.75, 3.05) is 6.61 Å². The van der Waals surface area contributed by atoms with E-state index in [9.17, 15) is 14.9 Å². The molecule has 0 radical (unpaired) electrons. The summed E-state index contributed by atoms with van der Waals surface area (Å²) in [5.41, 5.74) is 0.983. The lowest BCUT2D eigenvalue weighted by Crippen LogP contribution is -2.18. The molecule has 1 aromatic heterocycles. The highest BCUT2D eigenvalue weighted by Crippen LogP contribution is 2.20. The minimum atomic E-state index is -0.505. The number of aryl methyl sites for hydroxylation is 1. The average molecular weight is 275 g/mol. The number of rotatable bonds is 4. The molecule has 0 aliphatic heterocycles. The van der Waals surface area contributed by atoms with Crippen LogP contribution >= 0.6 is 0 Å². The van der Waals surface area contributed by atoms with Gasteiger partial charge < -0.3 is 10.1 Å². The number of non-ortho nitro benzene ring substituents is 1. The first kappa shape index (κ1) is 13.9. The van der Waals surface area contributed by atoms with Crippen LogP contribution in [0.15, 0.2) is 29.1 Å². The summed E-state index contributed by atoms with van der Waals surface area (Å²) in [6, 6.07) is 5.89. The van der Waals surface area contributed by atoms with Crippen molar-refractivity contribution in [3.05, 3.63) is 56.0 Å². The van der Waals surface area contributed by atoms with Gasteiger partial charge in [-0.25, -0.2) is 4.98 Å². The predicted molar refractivity (Wildman–Crippen MR) is 72.5 cm³/mol. The van der Waals surface area contributed by atoms with Gasteiger partial charge in [-0.2, -0.15) is 0 Å². The monoisotopic (exact) mass is 275 g/mol. The quantitative estimate of drug-likeness (QED) is 0.643. The molecule has 0 saturated heterocycles. The van der Waals surface area contributed by atoms with E-state index in [-0.39, 0.29) is 30.1 Å². The first-order valence-electron chi connectivity index (χ1n) is 5.98. The van der Waals surface area contributed by atoms with Crippen molar-refractivity contribution in [3.8, 4) is 11.4 Å². The second kappa shape index (κ2) is 5.62. The Hall–Kier alpha value is -2.54.